The molecule has 1 atom stereocenters. The molecule has 3 heterocycles. The Hall–Kier alpha value is -2.13. The highest BCUT2D eigenvalue weighted by atomic mass is 16.4. The van der Waals surface area contributed by atoms with Gasteiger partial charge in [0, 0.05) is 18.3 Å². The lowest BCUT2D eigenvalue weighted by atomic mass is 10.3. The van der Waals surface area contributed by atoms with Gasteiger partial charge in [-0.05, 0) is 4.70 Å². The van der Waals surface area contributed by atoms with Crippen LogP contribution in [0.5, 0.6) is 0 Å². The van der Waals surface area contributed by atoms with Gasteiger partial charge in [-0.25, -0.2) is 4.79 Å². The van der Waals surface area contributed by atoms with Gasteiger partial charge in [0.25, 0.3) is 0 Å². The lowest BCUT2D eigenvalue weighted by Gasteiger charge is -2.38. The van der Waals surface area contributed by atoms with E-state index in [2.05, 4.69) is 20.5 Å². The molecule has 0 spiro atoms. The summed E-state index contributed by atoms with van der Waals surface area (Å²) < 4.78 is 0.0664. The number of rotatable bonds is 1. The van der Waals surface area contributed by atoms with E-state index in [1.165, 1.54) is 4.90 Å². The quantitative estimate of drug-likeness (QED) is 0.676. The first-order valence-electron chi connectivity index (χ1n) is 5.56. The third-order valence-corrected chi connectivity index (χ3v) is 3.17. The van der Waals surface area contributed by atoms with E-state index in [9.17, 15) is 4.79 Å². The van der Waals surface area contributed by atoms with Crippen molar-refractivity contribution in [1.82, 2.24) is 9.91 Å². The van der Waals surface area contributed by atoms with E-state index in [-0.39, 0.29) is 4.70 Å². The van der Waals surface area contributed by atoms with E-state index in [1.807, 2.05) is 5.01 Å². The number of fused-ring (bicyclic) bond motifs is 1. The maximum absolute atomic E-state index is 10.9. The zero-order valence-corrected chi connectivity index (χ0v) is 9.55. The molecule has 0 saturated carbocycles. The Bertz CT molecular complexity index is 489. The number of carboxylic acid groups (broad SMARTS) is 1. The summed E-state index contributed by atoms with van der Waals surface area (Å²) in [5, 5.41) is 22.7. The molecular formula is C9H12N7O2+. The molecule has 9 heteroatoms. The molecule has 0 bridgehead atoms. The van der Waals surface area contributed by atoms with Crippen LogP contribution in [0.3, 0.4) is 0 Å². The number of amides is 1. The summed E-state index contributed by atoms with van der Waals surface area (Å²) in [6.07, 6.45) is 4.16. The molecule has 3 rings (SSSR count). The Balaban J connectivity index is 1.79. The molecule has 1 N–H and O–H groups in total. The van der Waals surface area contributed by atoms with Gasteiger partial charge in [-0.15, -0.1) is 5.01 Å². The van der Waals surface area contributed by atoms with Crippen LogP contribution in [0.4, 0.5) is 4.79 Å². The number of piperazine rings is 1. The van der Waals surface area contributed by atoms with Crippen molar-refractivity contribution in [1.29, 1.82) is 0 Å². The molecule has 3 aliphatic rings. The minimum atomic E-state index is -0.887. The van der Waals surface area contributed by atoms with Crippen molar-refractivity contribution in [3.63, 3.8) is 0 Å². The number of aliphatic imine (C=N–C) groups is 1. The van der Waals surface area contributed by atoms with E-state index >= 15 is 0 Å². The van der Waals surface area contributed by atoms with Gasteiger partial charge >= 0.3 is 11.9 Å². The van der Waals surface area contributed by atoms with Crippen molar-refractivity contribution in [3.8, 4) is 0 Å². The molecule has 94 valence electrons. The first-order chi connectivity index (χ1) is 8.72. The van der Waals surface area contributed by atoms with E-state index < -0.39 is 6.09 Å². The number of hydrogen-bond donors (Lipinski definition) is 1. The summed E-state index contributed by atoms with van der Waals surface area (Å²) in [7, 11) is 0. The largest absolute Gasteiger partial charge is 0.465 e. The third kappa shape index (κ3) is 1.52. The second kappa shape index (κ2) is 3.96. The van der Waals surface area contributed by atoms with Crippen molar-refractivity contribution >= 4 is 18.1 Å². The fourth-order valence-corrected chi connectivity index (χ4v) is 2.18. The Morgan fingerprint density at radius 1 is 1.33 bits per heavy atom. The number of quaternary nitrogens is 1. The Morgan fingerprint density at radius 2 is 2.11 bits per heavy atom. The van der Waals surface area contributed by atoms with Gasteiger partial charge in [0.05, 0.1) is 24.5 Å². The van der Waals surface area contributed by atoms with Gasteiger partial charge < -0.3 is 10.0 Å². The SMILES string of the molecule is O=C(O)N1CCN([N+]23C=CN=CC2=NN=N3)CC1. The standard InChI is InChI=1S/C9H11N7O2/c17-9(18)14-2-4-15(5-3-14)16-6-1-10-7-8(16)11-12-13-16/h1,6-7H,2-5H2/p+1. The van der Waals surface area contributed by atoms with Gasteiger partial charge in [0.2, 0.25) is 0 Å². The molecule has 18 heavy (non-hydrogen) atoms. The fourth-order valence-electron chi connectivity index (χ4n) is 2.18. The molecule has 0 aromatic heterocycles. The summed E-state index contributed by atoms with van der Waals surface area (Å²) in [4.78, 5) is 16.3. The van der Waals surface area contributed by atoms with E-state index in [1.54, 1.807) is 18.6 Å². The van der Waals surface area contributed by atoms with Gasteiger partial charge in [0.15, 0.2) is 6.20 Å². The number of hydrogen-bond acceptors (Lipinski definition) is 6. The average Bonchev–Trinajstić information content (AvgIpc) is 2.83. The molecule has 9 nitrogen and oxygen atoms in total. The summed E-state index contributed by atoms with van der Waals surface area (Å²) >= 11 is 0. The zero-order chi connectivity index (χ0) is 12.6. The second-order valence-corrected chi connectivity index (χ2v) is 4.09. The van der Waals surface area contributed by atoms with Crippen LogP contribution in [-0.2, 0) is 0 Å². The van der Waals surface area contributed by atoms with Crippen molar-refractivity contribution in [2.75, 3.05) is 26.2 Å². The Labute approximate surface area is 103 Å². The van der Waals surface area contributed by atoms with Crippen LogP contribution < -0.4 is 0 Å². The molecule has 1 amide bonds. The lowest BCUT2D eigenvalue weighted by molar-refractivity contribution is -0.921. The highest BCUT2D eigenvalue weighted by Gasteiger charge is 2.47. The van der Waals surface area contributed by atoms with Crippen molar-refractivity contribution in [3.05, 3.63) is 12.4 Å². The van der Waals surface area contributed by atoms with Crippen LogP contribution in [0, 0.1) is 0 Å². The monoisotopic (exact) mass is 250 g/mol. The predicted molar refractivity (Wildman–Crippen MR) is 61.4 cm³/mol. The van der Waals surface area contributed by atoms with Crippen LogP contribution in [0.1, 0.15) is 0 Å². The first kappa shape index (κ1) is 11.0. The van der Waals surface area contributed by atoms with E-state index in [0.717, 1.165) is 0 Å². The van der Waals surface area contributed by atoms with Gasteiger partial charge in [0.1, 0.15) is 6.21 Å². The van der Waals surface area contributed by atoms with Crippen LogP contribution in [-0.4, -0.2) is 64.0 Å². The Kier molecular flexibility index (Phi) is 2.42. The zero-order valence-electron chi connectivity index (χ0n) is 9.55. The molecular weight excluding hydrogens is 238 g/mol. The van der Waals surface area contributed by atoms with Crippen LogP contribution in [0.25, 0.3) is 0 Å². The smallest absolute Gasteiger partial charge is 0.407 e. The van der Waals surface area contributed by atoms with Crippen molar-refractivity contribution in [2.24, 2.45) is 20.5 Å². The van der Waals surface area contributed by atoms with Crippen LogP contribution in [0.15, 0.2) is 32.9 Å². The van der Waals surface area contributed by atoms with Gasteiger partial charge in [-0.1, -0.05) is 5.10 Å². The molecule has 3 aliphatic heterocycles. The number of carbonyl (C=O) groups is 1. The number of nitrogens with zero attached hydrogens (tertiary/aromatic N) is 7. The second-order valence-electron chi connectivity index (χ2n) is 4.09. The van der Waals surface area contributed by atoms with Crippen molar-refractivity contribution in [2.45, 2.75) is 0 Å². The summed E-state index contributed by atoms with van der Waals surface area (Å²) in [5.41, 5.74) is 0. The normalized spacial score (nSPS) is 30.4. The van der Waals surface area contributed by atoms with Crippen LogP contribution >= 0.6 is 0 Å². The molecule has 1 unspecified atom stereocenters. The minimum Gasteiger partial charge on any atom is -0.465 e. The topological polar surface area (TPSA) is 93.2 Å². The highest BCUT2D eigenvalue weighted by Crippen LogP contribution is 2.25. The van der Waals surface area contributed by atoms with Gasteiger partial charge in [-0.2, -0.15) is 0 Å². The van der Waals surface area contributed by atoms with E-state index in [0.29, 0.717) is 32.0 Å². The van der Waals surface area contributed by atoms with E-state index in [4.69, 9.17) is 5.11 Å². The highest BCUT2D eigenvalue weighted by molar-refractivity contribution is 6.26. The molecule has 0 aromatic carbocycles. The minimum absolute atomic E-state index is 0.0664. The Morgan fingerprint density at radius 3 is 2.83 bits per heavy atom. The molecule has 0 aromatic rings. The molecule has 1 saturated heterocycles. The molecule has 1 fully saturated rings. The maximum atomic E-state index is 10.9. The van der Waals surface area contributed by atoms with Crippen LogP contribution in [0.2, 0.25) is 0 Å². The van der Waals surface area contributed by atoms with Crippen molar-refractivity contribution < 1.29 is 14.6 Å². The summed E-state index contributed by atoms with van der Waals surface area (Å²) in [6.45, 7) is 2.04. The first-order valence-corrected chi connectivity index (χ1v) is 5.56. The van der Waals surface area contributed by atoms with Gasteiger partial charge in [-0.3, -0.25) is 4.99 Å². The number of amidine groups is 1. The predicted octanol–water partition coefficient (Wildman–Crippen LogP) is 0.264. The summed E-state index contributed by atoms with van der Waals surface area (Å²) in [6, 6.07) is 0. The molecule has 0 radical (unpaired) electrons. The summed E-state index contributed by atoms with van der Waals surface area (Å²) in [5.74, 6) is 0.626. The fraction of sp³-hybridized carbons (Fsp3) is 0.444. The lowest BCUT2D eigenvalue weighted by Crippen LogP contribution is -2.62. The molecule has 0 aliphatic carbocycles. The third-order valence-electron chi connectivity index (χ3n) is 3.17. The maximum Gasteiger partial charge on any atom is 0.407 e. The average molecular weight is 250 g/mol.